The van der Waals surface area contributed by atoms with Crippen LogP contribution < -0.4 is 5.32 Å². The van der Waals surface area contributed by atoms with Crippen molar-refractivity contribution < 1.29 is 27.1 Å². The van der Waals surface area contributed by atoms with Gasteiger partial charge in [-0.25, -0.2) is 14.2 Å². The van der Waals surface area contributed by atoms with E-state index < -0.39 is 34.8 Å². The fraction of sp³-hybridized carbons (Fsp3) is 0.409. The second kappa shape index (κ2) is 8.30. The summed E-state index contributed by atoms with van der Waals surface area (Å²) in [6, 6.07) is 7.86. The number of hydrogen-bond acceptors (Lipinski definition) is 5. The van der Waals surface area contributed by atoms with Crippen LogP contribution in [0.2, 0.25) is 5.15 Å². The van der Waals surface area contributed by atoms with Crippen LogP contribution in [-0.4, -0.2) is 50.8 Å². The number of alkyl halides is 3. The summed E-state index contributed by atoms with van der Waals surface area (Å²) in [5.74, 6) is -0.395. The number of nitrogens with zero attached hydrogens (tertiary/aromatic N) is 4. The lowest BCUT2D eigenvalue weighted by Crippen LogP contribution is -2.64. The number of fused-ring (bicyclic) bond motifs is 1. The van der Waals surface area contributed by atoms with Gasteiger partial charge in [-0.05, 0) is 38.5 Å². The van der Waals surface area contributed by atoms with Gasteiger partial charge in [-0.2, -0.15) is 22.8 Å². The fourth-order valence-electron chi connectivity index (χ4n) is 3.82. The molecule has 1 saturated heterocycles. The Morgan fingerprint density at radius 2 is 1.82 bits per heavy atom. The number of likely N-dealkylation sites (tertiary alicyclic amines) is 1. The molecular weight excluding hydrogens is 478 g/mol. The van der Waals surface area contributed by atoms with Gasteiger partial charge in [0.1, 0.15) is 17.2 Å². The van der Waals surface area contributed by atoms with Crippen LogP contribution in [0.5, 0.6) is 0 Å². The number of anilines is 1. The minimum atomic E-state index is -4.67. The van der Waals surface area contributed by atoms with E-state index in [4.69, 9.17) is 16.3 Å². The summed E-state index contributed by atoms with van der Waals surface area (Å²) in [4.78, 5) is 17.6. The van der Waals surface area contributed by atoms with Crippen molar-refractivity contribution in [1.82, 2.24) is 19.5 Å². The fourth-order valence-corrected chi connectivity index (χ4v) is 3.99. The highest BCUT2D eigenvalue weighted by Crippen LogP contribution is 2.37. The number of amides is 1. The second-order valence-corrected chi connectivity index (χ2v) is 9.63. The van der Waals surface area contributed by atoms with Crippen LogP contribution in [-0.2, 0) is 16.3 Å². The second-order valence-electron chi connectivity index (χ2n) is 9.24. The molecule has 0 radical (unpaired) electrons. The molecule has 1 fully saturated rings. The molecule has 0 spiro atoms. The highest BCUT2D eigenvalue weighted by molar-refractivity contribution is 6.29. The minimum Gasteiger partial charge on any atom is -0.444 e. The first-order valence-electron chi connectivity index (χ1n) is 10.4. The quantitative estimate of drug-likeness (QED) is 0.503. The summed E-state index contributed by atoms with van der Waals surface area (Å²) in [7, 11) is 0. The highest BCUT2D eigenvalue weighted by Gasteiger charge is 2.48. The zero-order valence-corrected chi connectivity index (χ0v) is 19.3. The number of nitrogens with one attached hydrogen (secondary N) is 1. The molecule has 1 aliphatic heterocycles. The molecule has 1 aliphatic rings. The molecule has 0 atom stereocenters. The van der Waals surface area contributed by atoms with Gasteiger partial charge >= 0.3 is 12.3 Å². The Labute approximate surface area is 197 Å². The molecule has 0 aliphatic carbocycles. The maximum Gasteiger partial charge on any atom is 0.433 e. The van der Waals surface area contributed by atoms with Crippen LogP contribution in [0.25, 0.3) is 5.65 Å². The normalized spacial score (nSPS) is 15.8. The maximum absolute atomic E-state index is 13.5. The molecule has 1 aromatic carbocycles. The molecule has 12 heteroatoms. The van der Waals surface area contributed by atoms with E-state index in [2.05, 4.69) is 15.4 Å². The molecule has 0 saturated carbocycles. The van der Waals surface area contributed by atoms with Crippen LogP contribution in [0.4, 0.5) is 28.2 Å². The molecule has 3 heterocycles. The summed E-state index contributed by atoms with van der Waals surface area (Å²) in [6.07, 6.45) is -5.18. The van der Waals surface area contributed by atoms with Crippen molar-refractivity contribution >= 4 is 29.2 Å². The number of ether oxygens (including phenoxy) is 1. The van der Waals surface area contributed by atoms with E-state index in [1.54, 1.807) is 32.9 Å². The number of carbonyl (C=O) groups is 1. The van der Waals surface area contributed by atoms with Gasteiger partial charge in [-0.1, -0.05) is 23.7 Å². The molecule has 34 heavy (non-hydrogen) atoms. The Hall–Kier alpha value is -3.08. The lowest BCUT2D eigenvalue weighted by Gasteiger charge is -2.50. The molecule has 0 unspecified atom stereocenters. The van der Waals surface area contributed by atoms with E-state index in [-0.39, 0.29) is 36.3 Å². The zero-order valence-electron chi connectivity index (χ0n) is 18.6. The molecule has 0 bridgehead atoms. The third-order valence-electron chi connectivity index (χ3n) is 5.39. The molecule has 1 amide bonds. The Morgan fingerprint density at radius 3 is 2.41 bits per heavy atom. The summed E-state index contributed by atoms with van der Waals surface area (Å²) in [5.41, 5.74) is -1.82. The van der Waals surface area contributed by atoms with Gasteiger partial charge in [0.2, 0.25) is 0 Å². The SMILES string of the molecule is CC(C)(C)OC(=O)N1CC(CNc2cc(C(F)(F)F)nc3cc(Cl)nn23)(c2ccc(F)cc2)C1. The van der Waals surface area contributed by atoms with Gasteiger partial charge in [0.25, 0.3) is 0 Å². The van der Waals surface area contributed by atoms with Crippen LogP contribution >= 0.6 is 11.6 Å². The van der Waals surface area contributed by atoms with Crippen molar-refractivity contribution in [2.75, 3.05) is 25.0 Å². The molecule has 4 rings (SSSR count). The van der Waals surface area contributed by atoms with Gasteiger partial charge in [0.15, 0.2) is 16.5 Å². The van der Waals surface area contributed by atoms with E-state index in [1.807, 2.05) is 0 Å². The first kappa shape index (κ1) is 24.1. The molecule has 2 aromatic heterocycles. The number of aromatic nitrogens is 3. The van der Waals surface area contributed by atoms with Gasteiger partial charge < -0.3 is 15.0 Å². The van der Waals surface area contributed by atoms with Gasteiger partial charge in [-0.15, -0.1) is 0 Å². The number of carbonyl (C=O) groups excluding carboxylic acids is 1. The number of rotatable bonds is 4. The molecule has 7 nitrogen and oxygen atoms in total. The summed E-state index contributed by atoms with van der Waals surface area (Å²) < 4.78 is 60.3. The summed E-state index contributed by atoms with van der Waals surface area (Å²) >= 11 is 5.89. The lowest BCUT2D eigenvalue weighted by molar-refractivity contribution is -0.141. The van der Waals surface area contributed by atoms with Crippen LogP contribution in [0.3, 0.4) is 0 Å². The zero-order chi connectivity index (χ0) is 24.9. The number of benzene rings is 1. The topological polar surface area (TPSA) is 71.8 Å². The van der Waals surface area contributed by atoms with Gasteiger partial charge in [0, 0.05) is 37.2 Å². The smallest absolute Gasteiger partial charge is 0.433 e. The van der Waals surface area contributed by atoms with Crippen molar-refractivity contribution in [1.29, 1.82) is 0 Å². The standard InChI is InChI=1S/C22H22ClF4N5O2/c1-20(2,3)34-19(33)31-11-21(12-31,13-4-6-14(24)7-5-13)10-28-17-8-15(22(25,26)27)29-18-9-16(23)30-32(17)18/h4-9,28H,10-12H2,1-3H3. The van der Waals surface area contributed by atoms with Crippen LogP contribution in [0.15, 0.2) is 36.4 Å². The van der Waals surface area contributed by atoms with E-state index >= 15 is 0 Å². The third kappa shape index (κ3) is 4.89. The van der Waals surface area contributed by atoms with Crippen molar-refractivity contribution in [2.45, 2.75) is 38.0 Å². The Bertz CT molecular complexity index is 1210. The molecule has 1 N–H and O–H groups in total. The van der Waals surface area contributed by atoms with Crippen molar-refractivity contribution in [3.63, 3.8) is 0 Å². The summed E-state index contributed by atoms with van der Waals surface area (Å²) in [5, 5.41) is 7.00. The summed E-state index contributed by atoms with van der Waals surface area (Å²) in [6.45, 7) is 5.83. The van der Waals surface area contributed by atoms with E-state index in [0.29, 0.717) is 0 Å². The van der Waals surface area contributed by atoms with Crippen molar-refractivity contribution in [3.05, 3.63) is 58.6 Å². The molecular formula is C22H22ClF4N5O2. The van der Waals surface area contributed by atoms with E-state index in [9.17, 15) is 22.4 Å². The Kier molecular flexibility index (Phi) is 5.87. The van der Waals surface area contributed by atoms with Crippen LogP contribution in [0, 0.1) is 5.82 Å². The highest BCUT2D eigenvalue weighted by atomic mass is 35.5. The van der Waals surface area contributed by atoms with Crippen LogP contribution in [0.1, 0.15) is 32.0 Å². The van der Waals surface area contributed by atoms with E-state index in [0.717, 1.165) is 11.6 Å². The van der Waals surface area contributed by atoms with Crippen molar-refractivity contribution in [2.24, 2.45) is 0 Å². The maximum atomic E-state index is 13.5. The Balaban J connectivity index is 1.63. The first-order valence-corrected chi connectivity index (χ1v) is 10.7. The average molecular weight is 500 g/mol. The minimum absolute atomic E-state index is 0.0112. The van der Waals surface area contributed by atoms with Gasteiger partial charge in [0.05, 0.1) is 0 Å². The van der Waals surface area contributed by atoms with Gasteiger partial charge in [-0.3, -0.25) is 0 Å². The molecule has 3 aromatic rings. The van der Waals surface area contributed by atoms with E-state index in [1.165, 1.54) is 27.6 Å². The number of hydrogen-bond donors (Lipinski definition) is 1. The first-order chi connectivity index (χ1) is 15.8. The number of halogens is 5. The predicted octanol–water partition coefficient (Wildman–Crippen LogP) is 5.14. The lowest BCUT2D eigenvalue weighted by atomic mass is 9.73. The van der Waals surface area contributed by atoms with Crippen molar-refractivity contribution in [3.8, 4) is 0 Å². The predicted molar refractivity (Wildman–Crippen MR) is 117 cm³/mol. The monoisotopic (exact) mass is 499 g/mol. The largest absolute Gasteiger partial charge is 0.444 e. The molecule has 182 valence electrons. The third-order valence-corrected chi connectivity index (χ3v) is 5.58. The Morgan fingerprint density at radius 1 is 1.18 bits per heavy atom. The average Bonchev–Trinajstić information content (AvgIpc) is 3.06.